The number of hydrogen-bond acceptors (Lipinski definition) is 2. The highest BCUT2D eigenvalue weighted by atomic mass is 16.1. The van der Waals surface area contributed by atoms with Crippen LogP contribution in [0.2, 0.25) is 0 Å². The maximum Gasteiger partial charge on any atom is 0.166 e. The van der Waals surface area contributed by atoms with E-state index in [0.717, 1.165) is 29.4 Å². The van der Waals surface area contributed by atoms with Gasteiger partial charge in [-0.05, 0) is 43.9 Å². The Hall–Kier alpha value is -1.64. The lowest BCUT2D eigenvalue weighted by molar-refractivity contribution is 0.0923. The van der Waals surface area contributed by atoms with Crippen LogP contribution in [0, 0.1) is 5.92 Å². The van der Waals surface area contributed by atoms with Crippen molar-refractivity contribution in [3.63, 3.8) is 0 Å². The molecule has 1 aromatic carbocycles. The molecular weight excluding hydrogens is 248 g/mol. The number of imidazole rings is 1. The zero-order valence-electron chi connectivity index (χ0n) is 11.9. The minimum atomic E-state index is 0.249. The molecule has 2 fully saturated rings. The van der Waals surface area contributed by atoms with Gasteiger partial charge in [0.2, 0.25) is 0 Å². The molecule has 1 heterocycles. The number of Topliss-reactive ketones (excluding diaryl/α,β-unsaturated/α-hetero) is 1. The first-order valence-corrected chi connectivity index (χ1v) is 7.74. The van der Waals surface area contributed by atoms with Gasteiger partial charge in [-0.25, -0.2) is 4.98 Å². The molecule has 2 aliphatic carbocycles. The van der Waals surface area contributed by atoms with Gasteiger partial charge in [-0.2, -0.15) is 0 Å². The van der Waals surface area contributed by atoms with E-state index in [2.05, 4.69) is 17.7 Å². The quantitative estimate of drug-likeness (QED) is 0.793. The van der Waals surface area contributed by atoms with E-state index in [1.807, 2.05) is 12.1 Å². The van der Waals surface area contributed by atoms with Crippen molar-refractivity contribution in [1.82, 2.24) is 9.55 Å². The highest BCUT2D eigenvalue weighted by Crippen LogP contribution is 2.40. The Morgan fingerprint density at radius 3 is 2.65 bits per heavy atom. The lowest BCUT2D eigenvalue weighted by Crippen LogP contribution is -2.10. The Balaban J connectivity index is 1.72. The van der Waals surface area contributed by atoms with Crippen molar-refractivity contribution in [2.75, 3.05) is 0 Å². The number of aromatic nitrogens is 2. The zero-order chi connectivity index (χ0) is 13.7. The number of ketones is 1. The van der Waals surface area contributed by atoms with E-state index in [-0.39, 0.29) is 5.92 Å². The fraction of sp³-hybridized carbons (Fsp3) is 0.529. The third-order valence-electron chi connectivity index (χ3n) is 4.87. The number of rotatable bonds is 3. The van der Waals surface area contributed by atoms with Gasteiger partial charge in [-0.15, -0.1) is 0 Å². The summed E-state index contributed by atoms with van der Waals surface area (Å²) in [5.41, 5.74) is 2.98. The summed E-state index contributed by atoms with van der Waals surface area (Å²) in [7, 11) is 2.08. The summed E-state index contributed by atoms with van der Waals surface area (Å²) in [6, 6.07) is 6.06. The van der Waals surface area contributed by atoms with Crippen LogP contribution in [0.3, 0.4) is 0 Å². The van der Waals surface area contributed by atoms with Crippen LogP contribution in [0.25, 0.3) is 11.0 Å². The standard InChI is InChI=1S/C17H20N2O/c1-19-15-9-8-13(16(20)11-4-2-3-5-11)10-14(15)18-17(19)12-6-7-12/h8-12H,2-7H2,1H3. The van der Waals surface area contributed by atoms with Crippen molar-refractivity contribution in [3.05, 3.63) is 29.6 Å². The predicted octanol–water partition coefficient (Wildman–Crippen LogP) is 3.82. The first kappa shape index (κ1) is 12.1. The van der Waals surface area contributed by atoms with Gasteiger partial charge in [0.05, 0.1) is 11.0 Å². The molecule has 3 heteroatoms. The van der Waals surface area contributed by atoms with Gasteiger partial charge in [-0.1, -0.05) is 12.8 Å². The molecule has 3 nitrogen and oxygen atoms in total. The molecule has 0 unspecified atom stereocenters. The van der Waals surface area contributed by atoms with Crippen LogP contribution in [-0.2, 0) is 7.05 Å². The molecule has 20 heavy (non-hydrogen) atoms. The Morgan fingerprint density at radius 1 is 1.20 bits per heavy atom. The second kappa shape index (κ2) is 4.44. The Kier molecular flexibility index (Phi) is 2.69. The maximum absolute atomic E-state index is 12.5. The van der Waals surface area contributed by atoms with E-state index >= 15 is 0 Å². The molecule has 0 radical (unpaired) electrons. The molecule has 4 rings (SSSR count). The van der Waals surface area contributed by atoms with Crippen LogP contribution in [0.1, 0.15) is 60.6 Å². The number of carbonyl (C=O) groups excluding carboxylic acids is 1. The molecule has 2 saturated carbocycles. The summed E-state index contributed by atoms with van der Waals surface area (Å²) in [5, 5.41) is 0. The van der Waals surface area contributed by atoms with Crippen LogP contribution in [-0.4, -0.2) is 15.3 Å². The monoisotopic (exact) mass is 268 g/mol. The van der Waals surface area contributed by atoms with Crippen molar-refractivity contribution in [1.29, 1.82) is 0 Å². The maximum atomic E-state index is 12.5. The molecule has 0 atom stereocenters. The summed E-state index contributed by atoms with van der Waals surface area (Å²) in [6.07, 6.45) is 7.04. The number of hydrogen-bond donors (Lipinski definition) is 0. The first-order valence-electron chi connectivity index (χ1n) is 7.74. The summed E-state index contributed by atoms with van der Waals surface area (Å²) in [4.78, 5) is 17.2. The van der Waals surface area contributed by atoms with Crippen LogP contribution in [0.4, 0.5) is 0 Å². The van der Waals surface area contributed by atoms with Crippen LogP contribution < -0.4 is 0 Å². The first-order chi connectivity index (χ1) is 9.74. The average molecular weight is 268 g/mol. The summed E-state index contributed by atoms with van der Waals surface area (Å²) < 4.78 is 2.19. The molecule has 0 N–H and O–H groups in total. The third-order valence-corrected chi connectivity index (χ3v) is 4.87. The molecule has 104 valence electrons. The highest BCUT2D eigenvalue weighted by molar-refractivity contribution is 6.00. The van der Waals surface area contributed by atoms with Gasteiger partial charge < -0.3 is 4.57 Å². The second-order valence-electron chi connectivity index (χ2n) is 6.35. The van der Waals surface area contributed by atoms with Crippen molar-refractivity contribution >= 4 is 16.8 Å². The van der Waals surface area contributed by atoms with Crippen molar-refractivity contribution in [3.8, 4) is 0 Å². The largest absolute Gasteiger partial charge is 0.331 e. The molecule has 0 amide bonds. The van der Waals surface area contributed by atoms with Crippen molar-refractivity contribution in [2.24, 2.45) is 13.0 Å². The van der Waals surface area contributed by atoms with E-state index in [1.165, 1.54) is 31.5 Å². The molecule has 2 aliphatic rings. The van der Waals surface area contributed by atoms with Gasteiger partial charge in [0.25, 0.3) is 0 Å². The molecule has 0 bridgehead atoms. The van der Waals surface area contributed by atoms with Gasteiger partial charge in [-0.3, -0.25) is 4.79 Å². The molecule has 1 aromatic heterocycles. The molecule has 2 aromatic rings. The van der Waals surface area contributed by atoms with E-state index < -0.39 is 0 Å². The topological polar surface area (TPSA) is 34.9 Å². The number of carbonyl (C=O) groups is 1. The molecule has 0 spiro atoms. The lowest BCUT2D eigenvalue weighted by Gasteiger charge is -2.07. The van der Waals surface area contributed by atoms with E-state index in [1.54, 1.807) is 0 Å². The smallest absolute Gasteiger partial charge is 0.166 e. The number of fused-ring (bicyclic) bond motifs is 1. The fourth-order valence-electron chi connectivity index (χ4n) is 3.50. The number of aryl methyl sites for hydroxylation is 1. The minimum Gasteiger partial charge on any atom is -0.331 e. The SMILES string of the molecule is Cn1c(C2CC2)nc2cc(C(=O)C3CCCC3)ccc21. The van der Waals surface area contributed by atoms with Crippen LogP contribution in [0.15, 0.2) is 18.2 Å². The number of benzene rings is 1. The normalized spacial score (nSPS) is 19.9. The number of nitrogens with zero attached hydrogens (tertiary/aromatic N) is 2. The molecular formula is C17H20N2O. The molecule has 0 saturated heterocycles. The van der Waals surface area contributed by atoms with Crippen LogP contribution >= 0.6 is 0 Å². The Labute approximate surface area is 119 Å². The van der Waals surface area contributed by atoms with Crippen molar-refractivity contribution in [2.45, 2.75) is 44.4 Å². The minimum absolute atomic E-state index is 0.249. The average Bonchev–Trinajstić information content (AvgIpc) is 3.05. The van der Waals surface area contributed by atoms with Crippen LogP contribution in [0.5, 0.6) is 0 Å². The highest BCUT2D eigenvalue weighted by Gasteiger charge is 2.29. The summed E-state index contributed by atoms with van der Waals surface area (Å²) in [5.74, 6) is 2.40. The van der Waals surface area contributed by atoms with Gasteiger partial charge in [0, 0.05) is 24.4 Å². The summed E-state index contributed by atoms with van der Waals surface area (Å²) in [6.45, 7) is 0. The summed E-state index contributed by atoms with van der Waals surface area (Å²) >= 11 is 0. The predicted molar refractivity (Wildman–Crippen MR) is 79.0 cm³/mol. The Morgan fingerprint density at radius 2 is 1.95 bits per heavy atom. The fourth-order valence-corrected chi connectivity index (χ4v) is 3.50. The van der Waals surface area contributed by atoms with E-state index in [9.17, 15) is 4.79 Å². The van der Waals surface area contributed by atoms with E-state index in [4.69, 9.17) is 4.98 Å². The van der Waals surface area contributed by atoms with Gasteiger partial charge >= 0.3 is 0 Å². The zero-order valence-corrected chi connectivity index (χ0v) is 11.9. The second-order valence-corrected chi connectivity index (χ2v) is 6.35. The van der Waals surface area contributed by atoms with E-state index in [0.29, 0.717) is 11.7 Å². The Bertz CT molecular complexity index is 676. The third kappa shape index (κ3) is 1.88. The van der Waals surface area contributed by atoms with Gasteiger partial charge in [0.15, 0.2) is 5.78 Å². The lowest BCUT2D eigenvalue weighted by atomic mass is 9.96. The van der Waals surface area contributed by atoms with Crippen molar-refractivity contribution < 1.29 is 4.79 Å². The molecule has 0 aliphatic heterocycles. The van der Waals surface area contributed by atoms with Gasteiger partial charge in [0.1, 0.15) is 5.82 Å².